The molecule has 0 aliphatic carbocycles. The molecule has 2 aromatic carbocycles. The third-order valence-corrected chi connectivity index (χ3v) is 3.96. The summed E-state index contributed by atoms with van der Waals surface area (Å²) >= 11 is 6.27. The Morgan fingerprint density at radius 3 is 2.25 bits per heavy atom. The molecule has 4 nitrogen and oxygen atoms in total. The molecule has 0 spiro atoms. The number of hydrogen-bond acceptors (Lipinski definition) is 4. The van der Waals surface area contributed by atoms with E-state index in [0.717, 1.165) is 11.1 Å². The number of halogens is 1. The standard InChI is InChI=1S/C19H11ClN4/c20-17-4-2-1-3-14(17)15-9-18(24-19(23)16(15)11-22)13-7-5-12(10-21)6-8-13/h1-9H,(H2,23,24). The van der Waals surface area contributed by atoms with E-state index in [9.17, 15) is 5.26 Å². The molecule has 24 heavy (non-hydrogen) atoms. The van der Waals surface area contributed by atoms with Crippen LogP contribution in [0.2, 0.25) is 5.02 Å². The molecular formula is C19H11ClN4. The van der Waals surface area contributed by atoms with Gasteiger partial charge < -0.3 is 5.73 Å². The van der Waals surface area contributed by atoms with Gasteiger partial charge in [-0.2, -0.15) is 10.5 Å². The van der Waals surface area contributed by atoms with Crippen molar-refractivity contribution in [1.82, 2.24) is 4.98 Å². The molecule has 5 heteroatoms. The van der Waals surface area contributed by atoms with Gasteiger partial charge in [-0.25, -0.2) is 4.98 Å². The Labute approximate surface area is 144 Å². The van der Waals surface area contributed by atoms with Crippen LogP contribution in [0.5, 0.6) is 0 Å². The van der Waals surface area contributed by atoms with Crippen molar-refractivity contribution in [2.45, 2.75) is 0 Å². The molecule has 0 radical (unpaired) electrons. The maximum atomic E-state index is 9.43. The third-order valence-electron chi connectivity index (χ3n) is 3.63. The molecule has 3 aromatic rings. The van der Waals surface area contributed by atoms with Crippen LogP contribution < -0.4 is 5.73 Å². The van der Waals surface area contributed by atoms with Crippen molar-refractivity contribution in [1.29, 1.82) is 10.5 Å². The van der Waals surface area contributed by atoms with Crippen LogP contribution in [0.1, 0.15) is 11.1 Å². The predicted octanol–water partition coefficient (Wildman–Crippen LogP) is 4.39. The van der Waals surface area contributed by atoms with Gasteiger partial charge in [0.1, 0.15) is 17.5 Å². The van der Waals surface area contributed by atoms with Crippen molar-refractivity contribution >= 4 is 17.4 Å². The van der Waals surface area contributed by atoms with E-state index in [1.807, 2.05) is 18.2 Å². The highest BCUT2D eigenvalue weighted by atomic mass is 35.5. The highest BCUT2D eigenvalue weighted by molar-refractivity contribution is 6.33. The van der Waals surface area contributed by atoms with Gasteiger partial charge in [0.25, 0.3) is 0 Å². The molecule has 0 aliphatic heterocycles. The molecule has 0 fully saturated rings. The smallest absolute Gasteiger partial charge is 0.142 e. The second kappa shape index (κ2) is 6.42. The van der Waals surface area contributed by atoms with Gasteiger partial charge in [-0.15, -0.1) is 0 Å². The number of pyridine rings is 1. The van der Waals surface area contributed by atoms with Gasteiger partial charge in [-0.1, -0.05) is 41.9 Å². The summed E-state index contributed by atoms with van der Waals surface area (Å²) in [7, 11) is 0. The van der Waals surface area contributed by atoms with Gasteiger partial charge in [0.05, 0.1) is 17.3 Å². The van der Waals surface area contributed by atoms with E-state index in [0.29, 0.717) is 27.4 Å². The Kier molecular flexibility index (Phi) is 4.16. The maximum absolute atomic E-state index is 9.43. The fourth-order valence-electron chi connectivity index (χ4n) is 2.44. The number of nitrogens with zero attached hydrogens (tertiary/aromatic N) is 3. The van der Waals surface area contributed by atoms with E-state index < -0.39 is 0 Å². The molecule has 2 N–H and O–H groups in total. The first-order valence-corrected chi connectivity index (χ1v) is 7.48. The minimum absolute atomic E-state index is 0.147. The molecule has 0 saturated carbocycles. The van der Waals surface area contributed by atoms with Crippen molar-refractivity contribution in [3.05, 3.63) is 70.7 Å². The second-order valence-corrected chi connectivity index (χ2v) is 5.50. The van der Waals surface area contributed by atoms with Crippen molar-refractivity contribution in [3.8, 4) is 34.5 Å². The van der Waals surface area contributed by atoms with Crippen LogP contribution in [0.25, 0.3) is 22.4 Å². The summed E-state index contributed by atoms with van der Waals surface area (Å²) in [6, 6.07) is 20.2. The lowest BCUT2D eigenvalue weighted by molar-refractivity contribution is 1.31. The highest BCUT2D eigenvalue weighted by Crippen LogP contribution is 2.34. The zero-order valence-electron chi connectivity index (χ0n) is 12.5. The Hall–Kier alpha value is -3.34. The van der Waals surface area contributed by atoms with E-state index in [4.69, 9.17) is 22.6 Å². The van der Waals surface area contributed by atoms with E-state index in [2.05, 4.69) is 17.1 Å². The van der Waals surface area contributed by atoms with Crippen LogP contribution in [0.3, 0.4) is 0 Å². The lowest BCUT2D eigenvalue weighted by Gasteiger charge is -2.11. The first kappa shape index (κ1) is 15.6. The highest BCUT2D eigenvalue weighted by Gasteiger charge is 2.15. The predicted molar refractivity (Wildman–Crippen MR) is 94.0 cm³/mol. The molecule has 114 valence electrons. The minimum atomic E-state index is 0.147. The Bertz CT molecular complexity index is 995. The molecule has 0 saturated heterocycles. The second-order valence-electron chi connectivity index (χ2n) is 5.10. The van der Waals surface area contributed by atoms with Crippen molar-refractivity contribution in [2.75, 3.05) is 5.73 Å². The molecule has 0 aliphatic rings. The summed E-state index contributed by atoms with van der Waals surface area (Å²) in [4.78, 5) is 4.31. The monoisotopic (exact) mass is 330 g/mol. The summed E-state index contributed by atoms with van der Waals surface area (Å²) in [6.45, 7) is 0. The molecule has 1 heterocycles. The summed E-state index contributed by atoms with van der Waals surface area (Å²) in [5, 5.41) is 18.9. The van der Waals surface area contributed by atoms with E-state index >= 15 is 0 Å². The van der Waals surface area contributed by atoms with E-state index in [-0.39, 0.29) is 5.82 Å². The van der Waals surface area contributed by atoms with Gasteiger partial charge in [0.15, 0.2) is 0 Å². The van der Waals surface area contributed by atoms with Crippen molar-refractivity contribution < 1.29 is 0 Å². The Morgan fingerprint density at radius 1 is 0.917 bits per heavy atom. The Balaban J connectivity index is 2.22. The molecule has 0 unspecified atom stereocenters. The first-order valence-electron chi connectivity index (χ1n) is 7.10. The van der Waals surface area contributed by atoms with E-state index in [1.165, 1.54) is 0 Å². The zero-order valence-corrected chi connectivity index (χ0v) is 13.2. The summed E-state index contributed by atoms with van der Waals surface area (Å²) in [5.74, 6) is 0.147. The third kappa shape index (κ3) is 2.79. The van der Waals surface area contributed by atoms with Crippen molar-refractivity contribution in [2.24, 2.45) is 0 Å². The minimum Gasteiger partial charge on any atom is -0.383 e. The lowest BCUT2D eigenvalue weighted by atomic mass is 9.98. The maximum Gasteiger partial charge on any atom is 0.142 e. The van der Waals surface area contributed by atoms with Gasteiger partial charge >= 0.3 is 0 Å². The van der Waals surface area contributed by atoms with Gasteiger partial charge in [-0.05, 0) is 24.3 Å². The molecule has 0 bridgehead atoms. The van der Waals surface area contributed by atoms with Gasteiger partial charge in [0.2, 0.25) is 0 Å². The SMILES string of the molecule is N#Cc1ccc(-c2cc(-c3ccccc3Cl)c(C#N)c(N)n2)cc1. The van der Waals surface area contributed by atoms with Crippen LogP contribution in [0.15, 0.2) is 54.6 Å². The zero-order chi connectivity index (χ0) is 17.1. The first-order chi connectivity index (χ1) is 11.6. The van der Waals surface area contributed by atoms with Crippen LogP contribution >= 0.6 is 11.6 Å². The number of nitriles is 2. The van der Waals surface area contributed by atoms with Gasteiger partial charge in [-0.3, -0.25) is 0 Å². The average molecular weight is 331 g/mol. The van der Waals surface area contributed by atoms with Crippen LogP contribution in [-0.2, 0) is 0 Å². The summed E-state index contributed by atoms with van der Waals surface area (Å²) < 4.78 is 0. The molecule has 1 aromatic heterocycles. The molecule has 3 rings (SSSR count). The number of hydrogen-bond donors (Lipinski definition) is 1. The number of benzene rings is 2. The number of rotatable bonds is 2. The Morgan fingerprint density at radius 2 is 1.62 bits per heavy atom. The van der Waals surface area contributed by atoms with E-state index in [1.54, 1.807) is 36.4 Å². The number of nitrogens with two attached hydrogens (primary N) is 1. The average Bonchev–Trinajstić information content (AvgIpc) is 2.61. The number of aromatic nitrogens is 1. The lowest BCUT2D eigenvalue weighted by Crippen LogP contribution is -2.00. The number of anilines is 1. The fraction of sp³-hybridized carbons (Fsp3) is 0. The van der Waals surface area contributed by atoms with Gasteiger partial charge in [0, 0.05) is 21.7 Å². The van der Waals surface area contributed by atoms with Crippen LogP contribution in [0, 0.1) is 22.7 Å². The largest absolute Gasteiger partial charge is 0.383 e. The summed E-state index contributed by atoms with van der Waals surface area (Å²) in [5.41, 5.74) is 9.62. The molecule has 0 atom stereocenters. The fourth-order valence-corrected chi connectivity index (χ4v) is 2.68. The summed E-state index contributed by atoms with van der Waals surface area (Å²) in [6.07, 6.45) is 0. The normalized spacial score (nSPS) is 9.96. The number of nitrogen functional groups attached to an aromatic ring is 1. The quantitative estimate of drug-likeness (QED) is 0.754. The van der Waals surface area contributed by atoms with Crippen LogP contribution in [0.4, 0.5) is 5.82 Å². The molecular weight excluding hydrogens is 320 g/mol. The van der Waals surface area contributed by atoms with Crippen LogP contribution in [-0.4, -0.2) is 4.98 Å². The molecule has 0 amide bonds. The topological polar surface area (TPSA) is 86.5 Å². The van der Waals surface area contributed by atoms with Crippen molar-refractivity contribution in [3.63, 3.8) is 0 Å².